The molecule has 1 atom stereocenters. The van der Waals surface area contributed by atoms with Gasteiger partial charge in [0.05, 0.1) is 0 Å². The fourth-order valence-corrected chi connectivity index (χ4v) is 4.59. The largest absolute Gasteiger partial charge is 0.465 e. The normalized spacial score (nSPS) is 18.1. The molecule has 3 heterocycles. The third-order valence-corrected chi connectivity index (χ3v) is 6.52. The zero-order valence-electron chi connectivity index (χ0n) is 19.2. The van der Waals surface area contributed by atoms with E-state index in [0.29, 0.717) is 12.4 Å². The van der Waals surface area contributed by atoms with E-state index in [4.69, 9.17) is 4.74 Å². The molecule has 0 spiro atoms. The van der Waals surface area contributed by atoms with Gasteiger partial charge in [0.2, 0.25) is 0 Å². The molecule has 2 aromatic rings. The zero-order valence-corrected chi connectivity index (χ0v) is 19.2. The van der Waals surface area contributed by atoms with Crippen molar-refractivity contribution < 1.29 is 19.4 Å². The number of anilines is 1. The standard InChI is InChI=1S/C25H32N4O4/c1-27(25(32)33-18-19-7-3-2-4-8-19)22-13-16-28(17-22)14-6-10-21-12-11-20-9-5-15-29(24(30)31)23(20)26-21/h2-4,7-8,11-12,22H,5-6,9-10,13-18H2,1H3,(H,30,31)/t22-/m0/s1. The Balaban J connectivity index is 1.22. The average Bonchev–Trinajstić information content (AvgIpc) is 3.31. The van der Waals surface area contributed by atoms with Gasteiger partial charge in [-0.25, -0.2) is 14.6 Å². The van der Waals surface area contributed by atoms with Crippen LogP contribution in [0.1, 0.15) is 36.1 Å². The van der Waals surface area contributed by atoms with Gasteiger partial charge in [0.1, 0.15) is 12.4 Å². The lowest BCUT2D eigenvalue weighted by Gasteiger charge is -2.26. The van der Waals surface area contributed by atoms with Gasteiger partial charge in [0.15, 0.2) is 0 Å². The number of aromatic nitrogens is 1. The van der Waals surface area contributed by atoms with Crippen molar-refractivity contribution in [3.8, 4) is 0 Å². The Morgan fingerprint density at radius 3 is 2.79 bits per heavy atom. The fraction of sp³-hybridized carbons (Fsp3) is 0.480. The third-order valence-electron chi connectivity index (χ3n) is 6.52. The highest BCUT2D eigenvalue weighted by molar-refractivity contribution is 5.86. The van der Waals surface area contributed by atoms with Crippen LogP contribution in [0.15, 0.2) is 42.5 Å². The number of benzene rings is 1. The van der Waals surface area contributed by atoms with Crippen molar-refractivity contribution in [2.45, 2.75) is 44.8 Å². The van der Waals surface area contributed by atoms with Gasteiger partial charge in [0.25, 0.3) is 0 Å². The first-order valence-electron chi connectivity index (χ1n) is 11.7. The Morgan fingerprint density at radius 2 is 2.00 bits per heavy atom. The monoisotopic (exact) mass is 452 g/mol. The molecule has 8 heteroatoms. The topological polar surface area (TPSA) is 86.2 Å². The van der Waals surface area contributed by atoms with Crippen molar-refractivity contribution in [2.24, 2.45) is 0 Å². The van der Waals surface area contributed by atoms with E-state index >= 15 is 0 Å². The van der Waals surface area contributed by atoms with E-state index in [-0.39, 0.29) is 18.7 Å². The Kier molecular flexibility index (Phi) is 7.44. The molecule has 176 valence electrons. The minimum Gasteiger partial charge on any atom is -0.465 e. The predicted octanol–water partition coefficient (Wildman–Crippen LogP) is 3.79. The Bertz CT molecular complexity index is 968. The van der Waals surface area contributed by atoms with Gasteiger partial charge >= 0.3 is 12.2 Å². The van der Waals surface area contributed by atoms with Gasteiger partial charge in [-0.05, 0) is 55.8 Å². The summed E-state index contributed by atoms with van der Waals surface area (Å²) in [5.41, 5.74) is 2.92. The second kappa shape index (κ2) is 10.7. The molecule has 1 N–H and O–H groups in total. The van der Waals surface area contributed by atoms with Gasteiger partial charge < -0.3 is 19.6 Å². The maximum absolute atomic E-state index is 12.4. The number of nitrogens with zero attached hydrogens (tertiary/aromatic N) is 4. The van der Waals surface area contributed by atoms with E-state index < -0.39 is 6.09 Å². The van der Waals surface area contributed by atoms with Crippen LogP contribution in [0.4, 0.5) is 15.4 Å². The maximum Gasteiger partial charge on any atom is 0.413 e. The van der Waals surface area contributed by atoms with Gasteiger partial charge in [0, 0.05) is 38.4 Å². The smallest absolute Gasteiger partial charge is 0.413 e. The second-order valence-electron chi connectivity index (χ2n) is 8.82. The average molecular weight is 453 g/mol. The molecule has 1 aromatic carbocycles. The van der Waals surface area contributed by atoms with E-state index in [2.05, 4.69) is 9.88 Å². The Hall–Kier alpha value is -3.13. The van der Waals surface area contributed by atoms with Crippen molar-refractivity contribution in [1.29, 1.82) is 0 Å². The molecule has 2 amide bonds. The van der Waals surface area contributed by atoms with Crippen LogP contribution in [-0.4, -0.2) is 71.3 Å². The minimum atomic E-state index is -0.935. The van der Waals surface area contributed by atoms with Crippen molar-refractivity contribution >= 4 is 18.0 Å². The number of carbonyl (C=O) groups excluding carboxylic acids is 1. The van der Waals surface area contributed by atoms with Crippen molar-refractivity contribution in [1.82, 2.24) is 14.8 Å². The SMILES string of the molecule is CN(C(=O)OCc1ccccc1)[C@H]1CCN(CCCc2ccc3c(n2)N(C(=O)O)CCC3)C1. The molecule has 1 fully saturated rings. The minimum absolute atomic E-state index is 0.152. The van der Waals surface area contributed by atoms with E-state index in [0.717, 1.165) is 68.6 Å². The number of likely N-dealkylation sites (tertiary alicyclic amines) is 1. The molecular weight excluding hydrogens is 420 g/mol. The van der Waals surface area contributed by atoms with Crippen LogP contribution in [0.25, 0.3) is 0 Å². The van der Waals surface area contributed by atoms with Crippen LogP contribution in [0.2, 0.25) is 0 Å². The molecule has 0 aliphatic carbocycles. The highest BCUT2D eigenvalue weighted by atomic mass is 16.6. The zero-order chi connectivity index (χ0) is 23.2. The summed E-state index contributed by atoms with van der Waals surface area (Å²) in [7, 11) is 1.81. The molecule has 1 aromatic heterocycles. The summed E-state index contributed by atoms with van der Waals surface area (Å²) in [4.78, 5) is 34.0. The lowest BCUT2D eigenvalue weighted by atomic mass is 10.0. The number of hydrogen-bond acceptors (Lipinski definition) is 5. The fourth-order valence-electron chi connectivity index (χ4n) is 4.59. The highest BCUT2D eigenvalue weighted by Crippen LogP contribution is 2.26. The maximum atomic E-state index is 12.4. The van der Waals surface area contributed by atoms with Crippen LogP contribution in [0.3, 0.4) is 0 Å². The Morgan fingerprint density at radius 1 is 1.18 bits per heavy atom. The first-order chi connectivity index (χ1) is 16.0. The quantitative estimate of drug-likeness (QED) is 0.688. The molecule has 4 rings (SSSR count). The number of likely N-dealkylation sites (N-methyl/N-ethyl adjacent to an activating group) is 1. The van der Waals surface area contributed by atoms with Gasteiger partial charge in [-0.3, -0.25) is 4.90 Å². The van der Waals surface area contributed by atoms with Crippen molar-refractivity contribution in [3.63, 3.8) is 0 Å². The third kappa shape index (κ3) is 5.82. The van der Waals surface area contributed by atoms with Gasteiger partial charge in [-0.1, -0.05) is 36.4 Å². The number of ether oxygens (including phenoxy) is 1. The molecule has 0 unspecified atom stereocenters. The number of aryl methyl sites for hydroxylation is 2. The number of carbonyl (C=O) groups is 2. The predicted molar refractivity (Wildman–Crippen MR) is 125 cm³/mol. The molecule has 2 aliphatic rings. The summed E-state index contributed by atoms with van der Waals surface area (Å²) in [6, 6.07) is 13.9. The number of hydrogen-bond donors (Lipinski definition) is 1. The van der Waals surface area contributed by atoms with Gasteiger partial charge in [-0.15, -0.1) is 0 Å². The van der Waals surface area contributed by atoms with E-state index in [1.165, 1.54) is 4.90 Å². The molecule has 33 heavy (non-hydrogen) atoms. The summed E-state index contributed by atoms with van der Waals surface area (Å²) in [6.45, 7) is 3.50. The molecule has 0 saturated carbocycles. The summed E-state index contributed by atoms with van der Waals surface area (Å²) in [5.74, 6) is 0.600. The van der Waals surface area contributed by atoms with Crippen LogP contribution in [-0.2, 0) is 24.2 Å². The molecule has 2 aliphatic heterocycles. The number of pyridine rings is 1. The highest BCUT2D eigenvalue weighted by Gasteiger charge is 2.29. The van der Waals surface area contributed by atoms with E-state index in [1.54, 1.807) is 4.90 Å². The molecule has 1 saturated heterocycles. The molecule has 0 bridgehead atoms. The summed E-state index contributed by atoms with van der Waals surface area (Å²) in [5, 5.41) is 9.44. The second-order valence-corrected chi connectivity index (χ2v) is 8.82. The summed E-state index contributed by atoms with van der Waals surface area (Å²) >= 11 is 0. The lowest BCUT2D eigenvalue weighted by molar-refractivity contribution is 0.0917. The lowest BCUT2D eigenvalue weighted by Crippen LogP contribution is -2.39. The Labute approximate surface area is 194 Å². The van der Waals surface area contributed by atoms with Crippen molar-refractivity contribution in [3.05, 3.63) is 59.3 Å². The van der Waals surface area contributed by atoms with Crippen molar-refractivity contribution in [2.75, 3.05) is 38.1 Å². The van der Waals surface area contributed by atoms with Crippen LogP contribution in [0, 0.1) is 0 Å². The first kappa shape index (κ1) is 23.0. The molecular formula is C25H32N4O4. The van der Waals surface area contributed by atoms with Gasteiger partial charge in [-0.2, -0.15) is 0 Å². The number of carboxylic acid groups (broad SMARTS) is 1. The molecule has 0 radical (unpaired) electrons. The van der Waals surface area contributed by atoms with Crippen LogP contribution < -0.4 is 4.90 Å². The van der Waals surface area contributed by atoms with Crippen LogP contribution in [0.5, 0.6) is 0 Å². The summed E-state index contributed by atoms with van der Waals surface area (Å²) < 4.78 is 5.46. The first-order valence-corrected chi connectivity index (χ1v) is 11.7. The van der Waals surface area contributed by atoms with Crippen LogP contribution >= 0.6 is 0 Å². The summed E-state index contributed by atoms with van der Waals surface area (Å²) in [6.07, 6.45) is 3.17. The van der Waals surface area contributed by atoms with E-state index in [9.17, 15) is 14.7 Å². The number of amides is 2. The number of fused-ring (bicyclic) bond motifs is 1. The van der Waals surface area contributed by atoms with E-state index in [1.807, 2.05) is 49.5 Å². The number of rotatable bonds is 7. The molecule has 8 nitrogen and oxygen atoms in total.